The number of hydrogen-bond acceptors (Lipinski definition) is 6. The van der Waals surface area contributed by atoms with Crippen LogP contribution in [0.15, 0.2) is 0 Å². The molecule has 1 aromatic heterocycles. The van der Waals surface area contributed by atoms with E-state index in [9.17, 15) is 0 Å². The number of nitrogens with two attached hydrogens (primary N) is 1. The van der Waals surface area contributed by atoms with Crippen LogP contribution in [0.2, 0.25) is 0 Å². The molecule has 0 unspecified atom stereocenters. The van der Waals surface area contributed by atoms with Crippen molar-refractivity contribution in [3.05, 3.63) is 0 Å². The molecule has 17 heavy (non-hydrogen) atoms. The fraction of sp³-hybridized carbons (Fsp3) is 0.727. The van der Waals surface area contributed by atoms with Crippen molar-refractivity contribution in [2.24, 2.45) is 5.92 Å². The number of ether oxygens (including phenoxy) is 1. The van der Waals surface area contributed by atoms with Crippen molar-refractivity contribution in [1.82, 2.24) is 15.0 Å². The van der Waals surface area contributed by atoms with Gasteiger partial charge in [0, 0.05) is 6.54 Å². The third-order valence-corrected chi connectivity index (χ3v) is 2.31. The molecule has 96 valence electrons. The topological polar surface area (TPSA) is 86.0 Å². The van der Waals surface area contributed by atoms with E-state index in [-0.39, 0.29) is 12.0 Å². The average Bonchev–Trinajstić information content (AvgIpc) is 2.27. The van der Waals surface area contributed by atoms with E-state index in [0.717, 1.165) is 18.9 Å². The van der Waals surface area contributed by atoms with E-state index in [0.29, 0.717) is 5.95 Å². The van der Waals surface area contributed by atoms with Gasteiger partial charge in [0.15, 0.2) is 0 Å². The molecule has 0 fully saturated rings. The SMILES string of the molecule is COc1nc(N)nc(NCCCCC(C)C)n1. The van der Waals surface area contributed by atoms with Gasteiger partial charge in [0.25, 0.3) is 0 Å². The summed E-state index contributed by atoms with van der Waals surface area (Å²) >= 11 is 0. The Bertz CT molecular complexity index is 343. The zero-order chi connectivity index (χ0) is 12.7. The van der Waals surface area contributed by atoms with Crippen LogP contribution in [0.1, 0.15) is 33.1 Å². The molecule has 1 aromatic rings. The number of aromatic nitrogens is 3. The van der Waals surface area contributed by atoms with E-state index in [1.54, 1.807) is 0 Å². The zero-order valence-electron chi connectivity index (χ0n) is 10.7. The molecule has 0 bridgehead atoms. The van der Waals surface area contributed by atoms with Crippen LogP contribution in [0.25, 0.3) is 0 Å². The van der Waals surface area contributed by atoms with Crippen molar-refractivity contribution in [2.45, 2.75) is 33.1 Å². The highest BCUT2D eigenvalue weighted by molar-refractivity contribution is 5.32. The lowest BCUT2D eigenvalue weighted by atomic mass is 10.1. The quantitative estimate of drug-likeness (QED) is 0.704. The summed E-state index contributed by atoms with van der Waals surface area (Å²) in [4.78, 5) is 11.8. The maximum Gasteiger partial charge on any atom is 0.322 e. The predicted molar refractivity (Wildman–Crippen MR) is 68.0 cm³/mol. The molecule has 0 radical (unpaired) electrons. The number of unbranched alkanes of at least 4 members (excludes halogenated alkanes) is 1. The lowest BCUT2D eigenvalue weighted by molar-refractivity contribution is 0.379. The van der Waals surface area contributed by atoms with Crippen molar-refractivity contribution >= 4 is 11.9 Å². The van der Waals surface area contributed by atoms with Crippen molar-refractivity contribution < 1.29 is 4.74 Å². The highest BCUT2D eigenvalue weighted by atomic mass is 16.5. The number of hydrogen-bond donors (Lipinski definition) is 2. The molecule has 3 N–H and O–H groups in total. The summed E-state index contributed by atoms with van der Waals surface area (Å²) in [6, 6.07) is 0.238. The number of anilines is 2. The first-order valence-electron chi connectivity index (χ1n) is 5.91. The van der Waals surface area contributed by atoms with Gasteiger partial charge in [-0.25, -0.2) is 0 Å². The fourth-order valence-corrected chi connectivity index (χ4v) is 1.42. The Balaban J connectivity index is 2.33. The number of nitrogens with zero attached hydrogens (tertiary/aromatic N) is 3. The van der Waals surface area contributed by atoms with Gasteiger partial charge in [-0.15, -0.1) is 0 Å². The van der Waals surface area contributed by atoms with E-state index in [1.165, 1.54) is 20.0 Å². The van der Waals surface area contributed by atoms with Crippen molar-refractivity contribution in [3.63, 3.8) is 0 Å². The highest BCUT2D eigenvalue weighted by Gasteiger charge is 2.03. The first kappa shape index (κ1) is 13.5. The molecular formula is C11H21N5O. The first-order valence-corrected chi connectivity index (χ1v) is 5.91. The average molecular weight is 239 g/mol. The Morgan fingerprint density at radius 3 is 2.65 bits per heavy atom. The molecule has 0 saturated carbocycles. The molecule has 0 aromatic carbocycles. The molecule has 0 aliphatic rings. The molecule has 0 atom stereocenters. The molecule has 6 nitrogen and oxygen atoms in total. The molecule has 0 spiro atoms. The summed E-state index contributed by atoms with van der Waals surface area (Å²) in [5.41, 5.74) is 5.52. The van der Waals surface area contributed by atoms with Crippen LogP contribution in [0.5, 0.6) is 6.01 Å². The van der Waals surface area contributed by atoms with Gasteiger partial charge in [0.05, 0.1) is 7.11 Å². The van der Waals surface area contributed by atoms with E-state index in [2.05, 4.69) is 34.1 Å². The Morgan fingerprint density at radius 2 is 2.00 bits per heavy atom. The third-order valence-electron chi connectivity index (χ3n) is 2.31. The van der Waals surface area contributed by atoms with Crippen LogP contribution in [0.3, 0.4) is 0 Å². The Morgan fingerprint density at radius 1 is 1.24 bits per heavy atom. The standard InChI is InChI=1S/C11H21N5O/c1-8(2)6-4-5-7-13-10-14-9(12)15-11(16-10)17-3/h8H,4-7H2,1-3H3,(H3,12,13,14,15,16). The molecule has 0 saturated heterocycles. The summed E-state index contributed by atoms with van der Waals surface area (Å²) < 4.78 is 4.91. The molecule has 6 heteroatoms. The van der Waals surface area contributed by atoms with Gasteiger partial charge in [-0.1, -0.05) is 26.7 Å². The van der Waals surface area contributed by atoms with Crippen LogP contribution in [-0.2, 0) is 0 Å². The van der Waals surface area contributed by atoms with Gasteiger partial charge >= 0.3 is 6.01 Å². The smallest absolute Gasteiger partial charge is 0.322 e. The maximum absolute atomic E-state index is 5.52. The van der Waals surface area contributed by atoms with Crippen LogP contribution < -0.4 is 15.8 Å². The minimum atomic E-state index is 0.168. The molecule has 0 aliphatic carbocycles. The second kappa shape index (κ2) is 6.88. The van der Waals surface area contributed by atoms with Gasteiger partial charge in [0.2, 0.25) is 11.9 Å². The van der Waals surface area contributed by atoms with Gasteiger partial charge in [-0.05, 0) is 12.3 Å². The second-order valence-electron chi connectivity index (χ2n) is 4.32. The van der Waals surface area contributed by atoms with E-state index in [4.69, 9.17) is 10.5 Å². The molecule has 0 aliphatic heterocycles. The summed E-state index contributed by atoms with van der Waals surface area (Å²) in [7, 11) is 1.50. The van der Waals surface area contributed by atoms with E-state index in [1.807, 2.05) is 0 Å². The van der Waals surface area contributed by atoms with E-state index < -0.39 is 0 Å². The normalized spacial score (nSPS) is 10.6. The largest absolute Gasteiger partial charge is 0.467 e. The lowest BCUT2D eigenvalue weighted by Gasteiger charge is -2.07. The lowest BCUT2D eigenvalue weighted by Crippen LogP contribution is -2.09. The van der Waals surface area contributed by atoms with Gasteiger partial charge in [0.1, 0.15) is 0 Å². The minimum absolute atomic E-state index is 0.168. The minimum Gasteiger partial charge on any atom is -0.467 e. The zero-order valence-corrected chi connectivity index (χ0v) is 10.7. The monoisotopic (exact) mass is 239 g/mol. The molecule has 0 amide bonds. The first-order chi connectivity index (χ1) is 8.11. The Labute approximate surface area is 102 Å². The Kier molecular flexibility index (Phi) is 5.45. The summed E-state index contributed by atoms with van der Waals surface area (Å²) in [5.74, 6) is 1.39. The van der Waals surface area contributed by atoms with Gasteiger partial charge in [-0.2, -0.15) is 15.0 Å². The van der Waals surface area contributed by atoms with Crippen LogP contribution >= 0.6 is 0 Å². The molecule has 1 heterocycles. The third kappa shape index (κ3) is 5.33. The maximum atomic E-state index is 5.52. The Hall–Kier alpha value is -1.59. The van der Waals surface area contributed by atoms with Crippen LogP contribution in [0.4, 0.5) is 11.9 Å². The predicted octanol–water partition coefficient (Wildman–Crippen LogP) is 1.70. The summed E-state index contributed by atoms with van der Waals surface area (Å²) in [6.45, 7) is 5.29. The second-order valence-corrected chi connectivity index (χ2v) is 4.32. The summed E-state index contributed by atoms with van der Waals surface area (Å²) in [6.07, 6.45) is 3.53. The fourth-order valence-electron chi connectivity index (χ4n) is 1.42. The van der Waals surface area contributed by atoms with Crippen molar-refractivity contribution in [1.29, 1.82) is 0 Å². The van der Waals surface area contributed by atoms with Crippen molar-refractivity contribution in [2.75, 3.05) is 24.7 Å². The summed E-state index contributed by atoms with van der Waals surface area (Å²) in [5, 5.41) is 3.11. The van der Waals surface area contributed by atoms with Crippen LogP contribution in [0, 0.1) is 5.92 Å². The molecular weight excluding hydrogens is 218 g/mol. The van der Waals surface area contributed by atoms with Crippen molar-refractivity contribution in [3.8, 4) is 6.01 Å². The number of nitrogens with one attached hydrogen (secondary N) is 1. The highest BCUT2D eigenvalue weighted by Crippen LogP contribution is 2.09. The molecule has 1 rings (SSSR count). The van der Waals surface area contributed by atoms with E-state index >= 15 is 0 Å². The number of rotatable bonds is 7. The number of nitrogen functional groups attached to an aromatic ring is 1. The van der Waals surface area contributed by atoms with Crippen LogP contribution in [-0.4, -0.2) is 28.6 Å². The van der Waals surface area contributed by atoms with Gasteiger partial charge < -0.3 is 15.8 Å². The van der Waals surface area contributed by atoms with Gasteiger partial charge in [-0.3, -0.25) is 0 Å². The number of methoxy groups -OCH3 is 1.